The highest BCUT2D eigenvalue weighted by Crippen LogP contribution is 2.25. The molecule has 2 heteroatoms. The Labute approximate surface area is 135 Å². The molecule has 1 aliphatic rings. The first-order valence-electron chi connectivity index (χ1n) is 7.39. The summed E-state index contributed by atoms with van der Waals surface area (Å²) in [5.41, 5.74) is 2.36. The lowest BCUT2D eigenvalue weighted by Gasteiger charge is -2.23. The first-order valence-corrected chi connectivity index (χ1v) is 8.18. The largest absolute Gasteiger partial charge is 0.286 e. The quantitative estimate of drug-likeness (QED) is 0.720. The van der Waals surface area contributed by atoms with E-state index in [0.717, 1.165) is 23.1 Å². The molecule has 1 saturated heterocycles. The van der Waals surface area contributed by atoms with Crippen molar-refractivity contribution in [3.8, 4) is 11.8 Å². The van der Waals surface area contributed by atoms with Gasteiger partial charge in [-0.25, -0.2) is 0 Å². The van der Waals surface area contributed by atoms with E-state index in [-0.39, 0.29) is 6.04 Å². The van der Waals surface area contributed by atoms with Gasteiger partial charge in [0.25, 0.3) is 0 Å². The maximum atomic E-state index is 3.50. The molecular formula is C19H18BrN. The minimum atomic E-state index is 0.195. The molecule has 0 aromatic heterocycles. The number of nitrogens with zero attached hydrogens (tertiary/aromatic N) is 1. The highest BCUT2D eigenvalue weighted by atomic mass is 79.9. The van der Waals surface area contributed by atoms with Gasteiger partial charge in [0.1, 0.15) is 0 Å². The number of hydrogen-bond donors (Lipinski definition) is 0. The SMILES string of the molecule is Brc1ccc(C(C#Cc2ccccc2)N2CCCC2)cc1. The second-order valence-electron chi connectivity index (χ2n) is 5.33. The summed E-state index contributed by atoms with van der Waals surface area (Å²) in [5.74, 6) is 6.81. The van der Waals surface area contributed by atoms with E-state index in [9.17, 15) is 0 Å². The summed E-state index contributed by atoms with van der Waals surface area (Å²) in [6.45, 7) is 2.29. The van der Waals surface area contributed by atoms with Crippen molar-refractivity contribution in [2.24, 2.45) is 0 Å². The molecule has 0 N–H and O–H groups in total. The van der Waals surface area contributed by atoms with Crippen LogP contribution in [0.25, 0.3) is 0 Å². The van der Waals surface area contributed by atoms with Crippen molar-refractivity contribution >= 4 is 15.9 Å². The number of hydrogen-bond acceptors (Lipinski definition) is 1. The topological polar surface area (TPSA) is 3.24 Å². The minimum absolute atomic E-state index is 0.195. The molecule has 1 aliphatic heterocycles. The van der Waals surface area contributed by atoms with Crippen molar-refractivity contribution in [1.29, 1.82) is 0 Å². The van der Waals surface area contributed by atoms with Crippen LogP contribution in [0.1, 0.15) is 30.0 Å². The Morgan fingerprint density at radius 2 is 1.57 bits per heavy atom. The summed E-state index contributed by atoms with van der Waals surface area (Å²) in [7, 11) is 0. The number of likely N-dealkylation sites (tertiary alicyclic amines) is 1. The zero-order valence-electron chi connectivity index (χ0n) is 11.9. The summed E-state index contributed by atoms with van der Waals surface area (Å²) in [4.78, 5) is 2.49. The van der Waals surface area contributed by atoms with Crippen LogP contribution in [0, 0.1) is 11.8 Å². The van der Waals surface area contributed by atoms with Crippen LogP contribution in [0.3, 0.4) is 0 Å². The van der Waals surface area contributed by atoms with Crippen LogP contribution in [-0.2, 0) is 0 Å². The van der Waals surface area contributed by atoms with Crippen LogP contribution in [0.4, 0.5) is 0 Å². The van der Waals surface area contributed by atoms with E-state index in [1.54, 1.807) is 0 Å². The van der Waals surface area contributed by atoms with E-state index in [0.29, 0.717) is 0 Å². The molecule has 0 saturated carbocycles. The summed E-state index contributed by atoms with van der Waals surface area (Å²) >= 11 is 3.50. The van der Waals surface area contributed by atoms with E-state index >= 15 is 0 Å². The van der Waals surface area contributed by atoms with Crippen LogP contribution < -0.4 is 0 Å². The van der Waals surface area contributed by atoms with Gasteiger partial charge in [-0.05, 0) is 55.8 Å². The van der Waals surface area contributed by atoms with Crippen molar-refractivity contribution in [3.05, 3.63) is 70.2 Å². The standard InChI is InChI=1S/C19H18BrN/c20-18-11-9-17(10-12-18)19(21-14-4-5-15-21)13-8-16-6-2-1-3-7-16/h1-3,6-7,9-12,19H,4-5,14-15H2. The number of halogens is 1. The maximum absolute atomic E-state index is 3.50. The fourth-order valence-corrected chi connectivity index (χ4v) is 2.97. The van der Waals surface area contributed by atoms with E-state index in [2.05, 4.69) is 69.1 Å². The lowest BCUT2D eigenvalue weighted by Crippen LogP contribution is -2.24. The molecule has 2 aromatic rings. The van der Waals surface area contributed by atoms with Gasteiger partial charge in [0, 0.05) is 10.0 Å². The van der Waals surface area contributed by atoms with Crippen molar-refractivity contribution in [1.82, 2.24) is 4.90 Å². The Hall–Kier alpha value is -1.56. The van der Waals surface area contributed by atoms with Crippen molar-refractivity contribution in [3.63, 3.8) is 0 Å². The van der Waals surface area contributed by atoms with E-state index in [1.807, 2.05) is 18.2 Å². The van der Waals surface area contributed by atoms with Crippen molar-refractivity contribution in [2.45, 2.75) is 18.9 Å². The van der Waals surface area contributed by atoms with E-state index < -0.39 is 0 Å². The Balaban J connectivity index is 1.89. The van der Waals surface area contributed by atoms with E-state index in [4.69, 9.17) is 0 Å². The molecule has 1 atom stereocenters. The van der Waals surface area contributed by atoms with Crippen LogP contribution in [0.5, 0.6) is 0 Å². The van der Waals surface area contributed by atoms with Crippen molar-refractivity contribution in [2.75, 3.05) is 13.1 Å². The molecule has 1 heterocycles. The number of rotatable bonds is 2. The second kappa shape index (κ2) is 6.93. The normalized spacial score (nSPS) is 16.2. The first kappa shape index (κ1) is 14.4. The Morgan fingerprint density at radius 3 is 2.24 bits per heavy atom. The van der Waals surface area contributed by atoms with Gasteiger partial charge in [0.2, 0.25) is 0 Å². The zero-order valence-corrected chi connectivity index (χ0v) is 13.5. The van der Waals surface area contributed by atoms with Gasteiger partial charge < -0.3 is 0 Å². The highest BCUT2D eigenvalue weighted by molar-refractivity contribution is 9.10. The second-order valence-corrected chi connectivity index (χ2v) is 6.25. The number of benzene rings is 2. The van der Waals surface area contributed by atoms with Crippen molar-refractivity contribution < 1.29 is 0 Å². The third kappa shape index (κ3) is 3.75. The molecule has 0 bridgehead atoms. The lowest BCUT2D eigenvalue weighted by atomic mass is 10.1. The maximum Gasteiger partial charge on any atom is 0.0974 e. The lowest BCUT2D eigenvalue weighted by molar-refractivity contribution is 0.296. The van der Waals surface area contributed by atoms with Gasteiger partial charge in [-0.2, -0.15) is 0 Å². The molecule has 0 radical (unpaired) electrons. The highest BCUT2D eigenvalue weighted by Gasteiger charge is 2.21. The molecule has 2 aromatic carbocycles. The predicted molar refractivity (Wildman–Crippen MR) is 91.0 cm³/mol. The molecule has 1 unspecified atom stereocenters. The van der Waals surface area contributed by atoms with E-state index in [1.165, 1.54) is 18.4 Å². The molecule has 1 fully saturated rings. The average molecular weight is 340 g/mol. The Bertz CT molecular complexity index is 631. The zero-order chi connectivity index (χ0) is 14.5. The minimum Gasteiger partial charge on any atom is -0.286 e. The fraction of sp³-hybridized carbons (Fsp3) is 0.263. The molecule has 0 amide bonds. The molecule has 1 nitrogen and oxygen atoms in total. The third-order valence-electron chi connectivity index (χ3n) is 3.82. The molecule has 106 valence electrons. The molecule has 0 spiro atoms. The van der Waals surface area contributed by atoms with Gasteiger partial charge in [-0.3, -0.25) is 4.90 Å². The van der Waals surface area contributed by atoms with Gasteiger partial charge in [-0.15, -0.1) is 0 Å². The van der Waals surface area contributed by atoms with Crippen LogP contribution >= 0.6 is 15.9 Å². The molecule has 0 aliphatic carbocycles. The summed E-state index contributed by atoms with van der Waals surface area (Å²) in [6, 6.07) is 19.0. The molecular weight excluding hydrogens is 322 g/mol. The van der Waals surface area contributed by atoms with Gasteiger partial charge in [-0.1, -0.05) is 58.1 Å². The Kier molecular flexibility index (Phi) is 4.75. The molecule has 21 heavy (non-hydrogen) atoms. The Morgan fingerprint density at radius 1 is 0.905 bits per heavy atom. The monoisotopic (exact) mass is 339 g/mol. The van der Waals surface area contributed by atoms with Crippen LogP contribution in [0.15, 0.2) is 59.1 Å². The fourth-order valence-electron chi connectivity index (χ4n) is 2.70. The van der Waals surface area contributed by atoms with Gasteiger partial charge >= 0.3 is 0 Å². The molecule has 3 rings (SSSR count). The summed E-state index contributed by atoms with van der Waals surface area (Å²) in [6.07, 6.45) is 2.56. The smallest absolute Gasteiger partial charge is 0.0974 e. The van der Waals surface area contributed by atoms with Gasteiger partial charge in [0.15, 0.2) is 0 Å². The summed E-state index contributed by atoms with van der Waals surface area (Å²) in [5, 5.41) is 0. The van der Waals surface area contributed by atoms with Crippen LogP contribution in [-0.4, -0.2) is 18.0 Å². The third-order valence-corrected chi connectivity index (χ3v) is 4.35. The summed E-state index contributed by atoms with van der Waals surface area (Å²) < 4.78 is 1.11. The van der Waals surface area contributed by atoms with Crippen LogP contribution in [0.2, 0.25) is 0 Å². The van der Waals surface area contributed by atoms with Gasteiger partial charge in [0.05, 0.1) is 6.04 Å². The first-order chi connectivity index (χ1) is 10.3. The predicted octanol–water partition coefficient (Wildman–Crippen LogP) is 4.64. The average Bonchev–Trinajstić information content (AvgIpc) is 3.04.